The zero-order valence-corrected chi connectivity index (χ0v) is 9.44. The number of hydrogen-bond acceptors (Lipinski definition) is 2. The number of nitrogens with two attached hydrogens (primary N) is 3. The van der Waals surface area contributed by atoms with E-state index in [0.717, 1.165) is 6.07 Å². The highest BCUT2D eigenvalue weighted by atomic mass is 19.4. The molecule has 1 aromatic carbocycles. The Bertz CT molecular complexity index is 578. The number of rotatable bonds is 1. The molecule has 0 saturated heterocycles. The zero-order chi connectivity index (χ0) is 14.6. The lowest BCUT2D eigenvalue weighted by molar-refractivity contribution is -0.137. The summed E-state index contributed by atoms with van der Waals surface area (Å²) in [5.41, 5.74) is 13.6. The summed E-state index contributed by atoms with van der Waals surface area (Å²) in [5.74, 6) is -0.760. The van der Waals surface area contributed by atoms with E-state index in [1.165, 1.54) is 12.1 Å². The van der Waals surface area contributed by atoms with Crippen LogP contribution in [0.4, 0.5) is 18.9 Å². The highest BCUT2D eigenvalue weighted by Crippen LogP contribution is 2.34. The van der Waals surface area contributed by atoms with Gasteiger partial charge in [-0.1, -0.05) is 0 Å². The highest BCUT2D eigenvalue weighted by Gasteiger charge is 2.33. The van der Waals surface area contributed by atoms with Crippen molar-refractivity contribution in [2.24, 2.45) is 27.2 Å². The SMILES string of the molecule is N#Cc1ccc(N=C(N)N=C(N)N)cc1C(F)(F)F. The van der Waals surface area contributed by atoms with Crippen LogP contribution in [0.1, 0.15) is 11.1 Å². The van der Waals surface area contributed by atoms with E-state index >= 15 is 0 Å². The lowest BCUT2D eigenvalue weighted by Crippen LogP contribution is -2.26. The second-order valence-electron chi connectivity index (χ2n) is 3.35. The quantitative estimate of drug-likeness (QED) is 0.515. The van der Waals surface area contributed by atoms with E-state index in [4.69, 9.17) is 22.5 Å². The van der Waals surface area contributed by atoms with Crippen LogP contribution in [-0.2, 0) is 6.18 Å². The third kappa shape index (κ3) is 3.88. The van der Waals surface area contributed by atoms with Gasteiger partial charge in [-0.15, -0.1) is 0 Å². The number of halogens is 3. The van der Waals surface area contributed by atoms with Gasteiger partial charge in [-0.2, -0.15) is 23.4 Å². The first-order valence-electron chi connectivity index (χ1n) is 4.79. The first-order chi connectivity index (χ1) is 8.74. The van der Waals surface area contributed by atoms with Crippen LogP contribution < -0.4 is 17.2 Å². The number of alkyl halides is 3. The third-order valence-corrected chi connectivity index (χ3v) is 1.92. The standard InChI is InChI=1S/C10H9F3N6/c11-10(12,13)7-3-6(2-1-5(7)4-14)18-9(17)19-8(15)16/h1-3H,(H6,15,16,17,18,19). The average molecular weight is 270 g/mol. The summed E-state index contributed by atoms with van der Waals surface area (Å²) in [6, 6.07) is 4.32. The van der Waals surface area contributed by atoms with Crippen molar-refractivity contribution < 1.29 is 13.2 Å². The van der Waals surface area contributed by atoms with Crippen molar-refractivity contribution in [3.63, 3.8) is 0 Å². The van der Waals surface area contributed by atoms with Gasteiger partial charge in [-0.25, -0.2) is 4.99 Å². The molecule has 9 heteroatoms. The van der Waals surface area contributed by atoms with Gasteiger partial charge in [0.2, 0.25) is 5.96 Å². The minimum atomic E-state index is -4.67. The molecule has 0 unspecified atom stereocenters. The van der Waals surface area contributed by atoms with Gasteiger partial charge >= 0.3 is 6.18 Å². The Hall–Kier alpha value is -2.76. The smallest absolute Gasteiger partial charge is 0.370 e. The molecule has 0 spiro atoms. The lowest BCUT2D eigenvalue weighted by Gasteiger charge is -2.09. The molecule has 6 nitrogen and oxygen atoms in total. The van der Waals surface area contributed by atoms with Crippen LogP contribution in [0, 0.1) is 11.3 Å². The van der Waals surface area contributed by atoms with Crippen molar-refractivity contribution in [3.8, 4) is 6.07 Å². The second-order valence-corrected chi connectivity index (χ2v) is 3.35. The van der Waals surface area contributed by atoms with Gasteiger partial charge in [0.05, 0.1) is 22.9 Å². The number of nitriles is 1. The Labute approximate surface area is 106 Å². The molecular formula is C10H9F3N6. The van der Waals surface area contributed by atoms with Crippen LogP contribution in [0.15, 0.2) is 28.2 Å². The van der Waals surface area contributed by atoms with E-state index in [1.807, 2.05) is 0 Å². The monoisotopic (exact) mass is 270 g/mol. The Morgan fingerprint density at radius 3 is 2.32 bits per heavy atom. The summed E-state index contributed by atoms with van der Waals surface area (Å²) >= 11 is 0. The van der Waals surface area contributed by atoms with Gasteiger partial charge in [-0.3, -0.25) is 0 Å². The fraction of sp³-hybridized carbons (Fsp3) is 0.100. The molecule has 1 rings (SSSR count). The first kappa shape index (κ1) is 14.3. The Kier molecular flexibility index (Phi) is 3.96. The third-order valence-electron chi connectivity index (χ3n) is 1.92. The van der Waals surface area contributed by atoms with Gasteiger partial charge in [0.25, 0.3) is 0 Å². The van der Waals surface area contributed by atoms with Crippen LogP contribution in [0.2, 0.25) is 0 Å². The van der Waals surface area contributed by atoms with E-state index in [0.29, 0.717) is 6.07 Å². The summed E-state index contributed by atoms with van der Waals surface area (Å²) in [6.07, 6.45) is -4.67. The minimum Gasteiger partial charge on any atom is -0.370 e. The van der Waals surface area contributed by atoms with Crippen molar-refractivity contribution in [1.82, 2.24) is 0 Å². The predicted molar refractivity (Wildman–Crippen MR) is 63.3 cm³/mol. The summed E-state index contributed by atoms with van der Waals surface area (Å²) in [6.45, 7) is 0. The molecule has 6 N–H and O–H groups in total. The number of guanidine groups is 2. The largest absolute Gasteiger partial charge is 0.417 e. The second kappa shape index (κ2) is 5.26. The molecule has 0 aromatic heterocycles. The fourth-order valence-electron chi connectivity index (χ4n) is 1.22. The van der Waals surface area contributed by atoms with E-state index in [2.05, 4.69) is 9.98 Å². The van der Waals surface area contributed by atoms with Crippen molar-refractivity contribution in [3.05, 3.63) is 29.3 Å². The Morgan fingerprint density at radius 2 is 1.84 bits per heavy atom. The van der Waals surface area contributed by atoms with Crippen LogP contribution in [0.5, 0.6) is 0 Å². The summed E-state index contributed by atoms with van der Waals surface area (Å²) in [7, 11) is 0. The van der Waals surface area contributed by atoms with Crippen LogP contribution >= 0.6 is 0 Å². The van der Waals surface area contributed by atoms with E-state index < -0.39 is 23.3 Å². The molecule has 19 heavy (non-hydrogen) atoms. The van der Waals surface area contributed by atoms with E-state index in [1.54, 1.807) is 0 Å². The first-order valence-corrected chi connectivity index (χ1v) is 4.79. The van der Waals surface area contributed by atoms with Crippen molar-refractivity contribution >= 4 is 17.6 Å². The topological polar surface area (TPSA) is 127 Å². The molecule has 0 aliphatic carbocycles. The predicted octanol–water partition coefficient (Wildman–Crippen LogP) is 0.797. The van der Waals surface area contributed by atoms with E-state index in [-0.39, 0.29) is 11.6 Å². The van der Waals surface area contributed by atoms with Gasteiger partial charge in [0.1, 0.15) is 0 Å². The molecule has 0 bridgehead atoms. The lowest BCUT2D eigenvalue weighted by atomic mass is 10.1. The summed E-state index contributed by atoms with van der Waals surface area (Å²) in [4.78, 5) is 6.95. The molecule has 0 amide bonds. The van der Waals surface area contributed by atoms with Crippen LogP contribution in [0.3, 0.4) is 0 Å². The number of benzene rings is 1. The molecule has 0 heterocycles. The number of nitrogens with zero attached hydrogens (tertiary/aromatic N) is 3. The van der Waals surface area contributed by atoms with Crippen LogP contribution in [0.25, 0.3) is 0 Å². The molecule has 0 aliphatic heterocycles. The zero-order valence-electron chi connectivity index (χ0n) is 9.44. The number of hydrogen-bond donors (Lipinski definition) is 3. The highest BCUT2D eigenvalue weighted by molar-refractivity contribution is 5.93. The number of aliphatic imine (C=N–C) groups is 2. The molecule has 0 radical (unpaired) electrons. The van der Waals surface area contributed by atoms with Gasteiger partial charge in [0, 0.05) is 0 Å². The molecule has 0 aliphatic rings. The van der Waals surface area contributed by atoms with E-state index in [9.17, 15) is 13.2 Å². The maximum absolute atomic E-state index is 12.7. The molecule has 1 aromatic rings. The van der Waals surface area contributed by atoms with Gasteiger partial charge < -0.3 is 17.2 Å². The van der Waals surface area contributed by atoms with Gasteiger partial charge in [-0.05, 0) is 18.2 Å². The Morgan fingerprint density at radius 1 is 1.21 bits per heavy atom. The van der Waals surface area contributed by atoms with Gasteiger partial charge in [0.15, 0.2) is 5.96 Å². The van der Waals surface area contributed by atoms with Crippen molar-refractivity contribution in [2.45, 2.75) is 6.18 Å². The molecule has 0 saturated carbocycles. The summed E-state index contributed by atoms with van der Waals surface area (Å²) < 4.78 is 38.0. The normalized spacial score (nSPS) is 11.8. The van der Waals surface area contributed by atoms with Crippen molar-refractivity contribution in [2.75, 3.05) is 0 Å². The molecule has 0 atom stereocenters. The molecular weight excluding hydrogens is 261 g/mol. The molecule has 100 valence electrons. The molecule has 0 fully saturated rings. The van der Waals surface area contributed by atoms with Crippen molar-refractivity contribution in [1.29, 1.82) is 5.26 Å². The summed E-state index contributed by atoms with van der Waals surface area (Å²) in [5, 5.41) is 8.61. The maximum atomic E-state index is 12.7. The minimum absolute atomic E-state index is 0.117. The maximum Gasteiger partial charge on any atom is 0.417 e. The fourth-order valence-corrected chi connectivity index (χ4v) is 1.22. The van der Waals surface area contributed by atoms with Crippen LogP contribution in [-0.4, -0.2) is 11.9 Å². The average Bonchev–Trinajstić information content (AvgIpc) is 2.26. The Balaban J connectivity index is 3.28.